The number of hydrogen-bond donors (Lipinski definition) is 3. The van der Waals surface area contributed by atoms with Crippen LogP contribution >= 0.6 is 0 Å². The van der Waals surface area contributed by atoms with Crippen LogP contribution in [0.5, 0.6) is 0 Å². The molecule has 1 atom stereocenters. The van der Waals surface area contributed by atoms with Crippen molar-refractivity contribution >= 4 is 5.91 Å². The predicted octanol–water partition coefficient (Wildman–Crippen LogP) is 1.95. The highest BCUT2D eigenvalue weighted by Gasteiger charge is 2.25. The number of H-pyrrole nitrogens is 1. The van der Waals surface area contributed by atoms with E-state index in [9.17, 15) is 4.79 Å². The fourth-order valence-electron chi connectivity index (χ4n) is 1.91. The Morgan fingerprint density at radius 3 is 3.00 bits per heavy atom. The van der Waals surface area contributed by atoms with Crippen LogP contribution in [-0.2, 0) is 0 Å². The van der Waals surface area contributed by atoms with E-state index in [1.54, 1.807) is 24.5 Å². The van der Waals surface area contributed by atoms with Crippen molar-refractivity contribution in [3.63, 3.8) is 0 Å². The van der Waals surface area contributed by atoms with Crippen LogP contribution < -0.4 is 5.32 Å². The number of carbonyl (C=O) groups excluding carboxylic acids is 1. The predicted molar refractivity (Wildman–Crippen MR) is 74.2 cm³/mol. The van der Waals surface area contributed by atoms with Gasteiger partial charge in [0.1, 0.15) is 5.69 Å². The number of nitrogens with zero attached hydrogens (tertiary/aromatic N) is 1. The van der Waals surface area contributed by atoms with Gasteiger partial charge in [-0.05, 0) is 31.9 Å². The molecule has 2 aromatic heterocycles. The number of nitrogens with one attached hydrogen (secondary N) is 2. The number of hydrogen-bond acceptors (Lipinski definition) is 4. The number of aromatic nitrogens is 2. The van der Waals surface area contributed by atoms with Gasteiger partial charge < -0.3 is 14.8 Å². The second-order valence-electron chi connectivity index (χ2n) is 4.99. The molecule has 20 heavy (non-hydrogen) atoms. The molecule has 1 unspecified atom stereocenters. The van der Waals surface area contributed by atoms with Crippen LogP contribution in [0.3, 0.4) is 0 Å². The van der Waals surface area contributed by atoms with Crippen molar-refractivity contribution in [2.24, 2.45) is 0 Å². The Hall–Kier alpha value is -2.08. The summed E-state index contributed by atoms with van der Waals surface area (Å²) in [5, 5.41) is 18.7. The van der Waals surface area contributed by atoms with E-state index in [2.05, 4.69) is 15.5 Å². The molecule has 0 aromatic carbocycles. The maximum atomic E-state index is 12.2. The molecule has 2 aromatic rings. The lowest BCUT2D eigenvalue weighted by molar-refractivity contribution is 0.0881. The number of amides is 1. The lowest BCUT2D eigenvalue weighted by Gasteiger charge is -2.28. The normalized spacial score (nSPS) is 13.9. The Morgan fingerprint density at radius 2 is 2.40 bits per heavy atom. The van der Waals surface area contributed by atoms with Crippen LogP contribution in [0.25, 0.3) is 11.5 Å². The van der Waals surface area contributed by atoms with Crippen LogP contribution in [0.2, 0.25) is 0 Å². The summed E-state index contributed by atoms with van der Waals surface area (Å²) in [7, 11) is 0. The van der Waals surface area contributed by atoms with E-state index >= 15 is 0 Å². The third-order valence-corrected chi connectivity index (χ3v) is 3.46. The first-order valence-corrected chi connectivity index (χ1v) is 6.60. The van der Waals surface area contributed by atoms with Gasteiger partial charge in [-0.1, -0.05) is 6.92 Å². The highest BCUT2D eigenvalue weighted by Crippen LogP contribution is 2.19. The minimum atomic E-state index is -0.435. The molecule has 0 saturated heterocycles. The number of aliphatic hydroxyl groups excluding tert-OH is 1. The largest absolute Gasteiger partial charge is 0.463 e. The average Bonchev–Trinajstić information content (AvgIpc) is 3.09. The van der Waals surface area contributed by atoms with Gasteiger partial charge in [0.05, 0.1) is 6.26 Å². The maximum Gasteiger partial charge on any atom is 0.272 e. The second-order valence-corrected chi connectivity index (χ2v) is 4.99. The molecule has 0 saturated carbocycles. The molecule has 2 rings (SSSR count). The molecule has 0 aliphatic carbocycles. The molecule has 2 heterocycles. The van der Waals surface area contributed by atoms with Crippen LogP contribution in [0.4, 0.5) is 0 Å². The summed E-state index contributed by atoms with van der Waals surface area (Å²) in [5.41, 5.74) is 0.518. The quantitative estimate of drug-likeness (QED) is 0.752. The van der Waals surface area contributed by atoms with Crippen molar-refractivity contribution in [3.05, 3.63) is 30.2 Å². The summed E-state index contributed by atoms with van der Waals surface area (Å²) in [6, 6.07) is 5.20. The van der Waals surface area contributed by atoms with Gasteiger partial charge in [-0.2, -0.15) is 5.10 Å². The van der Waals surface area contributed by atoms with E-state index in [-0.39, 0.29) is 12.5 Å². The highest BCUT2D eigenvalue weighted by molar-refractivity contribution is 5.93. The van der Waals surface area contributed by atoms with Gasteiger partial charge >= 0.3 is 0 Å². The first-order valence-electron chi connectivity index (χ1n) is 6.60. The molecular weight excluding hydrogens is 258 g/mol. The smallest absolute Gasteiger partial charge is 0.272 e. The summed E-state index contributed by atoms with van der Waals surface area (Å²) in [6.45, 7) is 3.90. The van der Waals surface area contributed by atoms with Gasteiger partial charge in [0, 0.05) is 18.2 Å². The monoisotopic (exact) mass is 277 g/mol. The van der Waals surface area contributed by atoms with Crippen LogP contribution in [-0.4, -0.2) is 33.4 Å². The Balaban J connectivity index is 2.10. The van der Waals surface area contributed by atoms with Crippen molar-refractivity contribution in [2.45, 2.75) is 32.2 Å². The second kappa shape index (κ2) is 5.92. The van der Waals surface area contributed by atoms with Crippen LogP contribution in [0.1, 0.15) is 37.2 Å². The molecular formula is C14H19N3O3. The molecule has 0 spiro atoms. The Kier molecular flexibility index (Phi) is 4.24. The summed E-state index contributed by atoms with van der Waals surface area (Å²) in [6.07, 6.45) is 2.80. The minimum absolute atomic E-state index is 0.0306. The molecule has 0 bridgehead atoms. The molecule has 0 fully saturated rings. The van der Waals surface area contributed by atoms with Gasteiger partial charge in [-0.15, -0.1) is 0 Å². The van der Waals surface area contributed by atoms with Gasteiger partial charge in [0.2, 0.25) is 0 Å². The lowest BCUT2D eigenvalue weighted by Crippen LogP contribution is -2.46. The Morgan fingerprint density at radius 1 is 1.60 bits per heavy atom. The average molecular weight is 277 g/mol. The van der Waals surface area contributed by atoms with E-state index in [4.69, 9.17) is 9.52 Å². The minimum Gasteiger partial charge on any atom is -0.463 e. The number of rotatable bonds is 6. The third-order valence-electron chi connectivity index (χ3n) is 3.46. The van der Waals surface area contributed by atoms with Gasteiger partial charge in [0.25, 0.3) is 5.91 Å². The fraction of sp³-hybridized carbons (Fsp3) is 0.429. The molecule has 0 aliphatic rings. The van der Waals surface area contributed by atoms with Crippen molar-refractivity contribution < 1.29 is 14.3 Å². The zero-order chi connectivity index (χ0) is 14.6. The van der Waals surface area contributed by atoms with Crippen molar-refractivity contribution in [3.8, 4) is 11.5 Å². The van der Waals surface area contributed by atoms with E-state index in [1.165, 1.54) is 0 Å². The Bertz CT molecular complexity index is 562. The van der Waals surface area contributed by atoms with Crippen LogP contribution in [0, 0.1) is 0 Å². The summed E-state index contributed by atoms with van der Waals surface area (Å²) in [4.78, 5) is 12.2. The molecule has 108 valence electrons. The first kappa shape index (κ1) is 14.3. The summed E-state index contributed by atoms with van der Waals surface area (Å²) in [5.74, 6) is 0.363. The Labute approximate surface area is 117 Å². The number of carbonyl (C=O) groups is 1. The molecule has 0 radical (unpaired) electrons. The van der Waals surface area contributed by atoms with E-state index in [1.807, 2.05) is 13.8 Å². The van der Waals surface area contributed by atoms with Crippen LogP contribution in [0.15, 0.2) is 28.9 Å². The standard InChI is InChI=1S/C14H19N3O3/c1-3-14(2,6-7-18)15-13(19)11-9-10(16-17-11)12-5-4-8-20-12/h4-5,8-9,18H,3,6-7H2,1-2H3,(H,15,19)(H,16,17). The highest BCUT2D eigenvalue weighted by atomic mass is 16.3. The van der Waals surface area contributed by atoms with E-state index in [0.717, 1.165) is 6.42 Å². The van der Waals surface area contributed by atoms with Gasteiger partial charge in [-0.3, -0.25) is 9.89 Å². The lowest BCUT2D eigenvalue weighted by atomic mass is 9.95. The molecule has 3 N–H and O–H groups in total. The maximum absolute atomic E-state index is 12.2. The SMILES string of the molecule is CCC(C)(CCO)NC(=O)c1cc(-c2ccco2)[nH]n1. The molecule has 1 amide bonds. The zero-order valence-electron chi connectivity index (χ0n) is 11.6. The van der Waals surface area contributed by atoms with Crippen molar-refractivity contribution in [2.75, 3.05) is 6.61 Å². The molecule has 6 heteroatoms. The third kappa shape index (κ3) is 3.08. The van der Waals surface area contributed by atoms with E-state index < -0.39 is 5.54 Å². The van der Waals surface area contributed by atoms with Crippen molar-refractivity contribution in [1.82, 2.24) is 15.5 Å². The first-order chi connectivity index (χ1) is 9.58. The topological polar surface area (TPSA) is 91.1 Å². The molecule has 0 aliphatic heterocycles. The zero-order valence-corrected chi connectivity index (χ0v) is 11.6. The number of aliphatic hydroxyl groups is 1. The number of furan rings is 1. The van der Waals surface area contributed by atoms with Crippen molar-refractivity contribution in [1.29, 1.82) is 0 Å². The fourth-order valence-corrected chi connectivity index (χ4v) is 1.91. The van der Waals surface area contributed by atoms with E-state index in [0.29, 0.717) is 23.6 Å². The summed E-state index contributed by atoms with van der Waals surface area (Å²) < 4.78 is 5.24. The van der Waals surface area contributed by atoms with Gasteiger partial charge in [0.15, 0.2) is 11.5 Å². The molecule has 6 nitrogen and oxygen atoms in total. The van der Waals surface area contributed by atoms with Gasteiger partial charge in [-0.25, -0.2) is 0 Å². The number of aromatic amines is 1. The summed E-state index contributed by atoms with van der Waals surface area (Å²) >= 11 is 0.